The quantitative estimate of drug-likeness (QED) is 0.423. The van der Waals surface area contributed by atoms with Crippen molar-refractivity contribution in [2.75, 3.05) is 32.9 Å². The molecule has 0 aliphatic heterocycles. The predicted octanol–water partition coefficient (Wildman–Crippen LogP) is 3.51. The summed E-state index contributed by atoms with van der Waals surface area (Å²) in [6.45, 7) is 6.66. The molecule has 116 valence electrons. The predicted molar refractivity (Wildman–Crippen MR) is 82.6 cm³/mol. The Morgan fingerprint density at radius 3 is 1.89 bits per heavy atom. The summed E-state index contributed by atoms with van der Waals surface area (Å²) in [6.07, 6.45) is 12.2. The first-order chi connectivity index (χ1) is 9.41. The van der Waals surface area contributed by atoms with Crippen LogP contribution < -0.4 is 5.32 Å². The molecule has 0 bridgehead atoms. The first kappa shape index (κ1) is 18.9. The Bertz CT molecular complexity index is 138. The number of aliphatic hydroxyl groups is 1. The van der Waals surface area contributed by atoms with Gasteiger partial charge in [-0.15, -0.1) is 0 Å². The van der Waals surface area contributed by atoms with E-state index < -0.39 is 0 Å². The van der Waals surface area contributed by atoms with Crippen LogP contribution in [0, 0.1) is 0 Å². The van der Waals surface area contributed by atoms with Gasteiger partial charge in [-0.1, -0.05) is 26.2 Å². The van der Waals surface area contributed by atoms with Crippen LogP contribution in [0.3, 0.4) is 0 Å². The number of aliphatic hydroxyl groups excluding tert-OH is 1. The summed E-state index contributed by atoms with van der Waals surface area (Å²) in [5.41, 5.74) is 0. The molecule has 0 atom stereocenters. The molecule has 0 unspecified atom stereocenters. The molecule has 19 heavy (non-hydrogen) atoms. The molecule has 0 heterocycles. The molecule has 0 saturated carbocycles. The minimum Gasteiger partial charge on any atom is -0.396 e. The molecule has 0 aliphatic rings. The van der Waals surface area contributed by atoms with Gasteiger partial charge in [-0.05, 0) is 58.0 Å². The highest BCUT2D eigenvalue weighted by atomic mass is 16.5. The van der Waals surface area contributed by atoms with Crippen molar-refractivity contribution < 1.29 is 9.84 Å². The summed E-state index contributed by atoms with van der Waals surface area (Å²) in [5.74, 6) is 0. The third-order valence-electron chi connectivity index (χ3n) is 3.30. The largest absolute Gasteiger partial charge is 0.396 e. The minimum absolute atomic E-state index is 0.311. The highest BCUT2D eigenvalue weighted by molar-refractivity contribution is 4.50. The fraction of sp³-hybridized carbons (Fsp3) is 1.00. The van der Waals surface area contributed by atoms with E-state index in [-0.39, 0.29) is 0 Å². The van der Waals surface area contributed by atoms with E-state index in [1.54, 1.807) is 0 Å². The molecule has 0 radical (unpaired) electrons. The Balaban J connectivity index is 2.88. The van der Waals surface area contributed by atoms with Crippen molar-refractivity contribution in [1.82, 2.24) is 5.32 Å². The van der Waals surface area contributed by atoms with Gasteiger partial charge in [0.05, 0.1) is 0 Å². The van der Waals surface area contributed by atoms with Gasteiger partial charge < -0.3 is 15.2 Å². The lowest BCUT2D eigenvalue weighted by Crippen LogP contribution is -2.16. The second kappa shape index (κ2) is 17.9. The maximum absolute atomic E-state index is 8.62. The number of rotatable bonds is 16. The monoisotopic (exact) mass is 273 g/mol. The van der Waals surface area contributed by atoms with Crippen LogP contribution in [-0.4, -0.2) is 38.0 Å². The Hall–Kier alpha value is -0.120. The van der Waals surface area contributed by atoms with Crippen molar-refractivity contribution >= 4 is 0 Å². The Labute approximate surface area is 120 Å². The van der Waals surface area contributed by atoms with Crippen molar-refractivity contribution in [2.24, 2.45) is 0 Å². The van der Waals surface area contributed by atoms with E-state index in [0.717, 1.165) is 39.0 Å². The van der Waals surface area contributed by atoms with Gasteiger partial charge >= 0.3 is 0 Å². The second-order valence-corrected chi connectivity index (χ2v) is 5.27. The Kier molecular flexibility index (Phi) is 17.8. The van der Waals surface area contributed by atoms with Crippen molar-refractivity contribution in [3.63, 3.8) is 0 Å². The molecule has 3 heteroatoms. The summed E-state index contributed by atoms with van der Waals surface area (Å²) in [6, 6.07) is 0. The average molecular weight is 273 g/mol. The van der Waals surface area contributed by atoms with Crippen LogP contribution in [0.5, 0.6) is 0 Å². The summed E-state index contributed by atoms with van der Waals surface area (Å²) in [5, 5.41) is 12.1. The van der Waals surface area contributed by atoms with Crippen LogP contribution in [-0.2, 0) is 4.74 Å². The van der Waals surface area contributed by atoms with Gasteiger partial charge in [-0.2, -0.15) is 0 Å². The van der Waals surface area contributed by atoms with Crippen LogP contribution in [0.4, 0.5) is 0 Å². The van der Waals surface area contributed by atoms with Gasteiger partial charge in [0.25, 0.3) is 0 Å². The SMILES string of the molecule is CCCCCCNCCCCCOCCCCCO. The highest BCUT2D eigenvalue weighted by Gasteiger charge is 1.93. The summed E-state index contributed by atoms with van der Waals surface area (Å²) >= 11 is 0. The Morgan fingerprint density at radius 2 is 1.32 bits per heavy atom. The van der Waals surface area contributed by atoms with Crippen LogP contribution >= 0.6 is 0 Å². The lowest BCUT2D eigenvalue weighted by Gasteiger charge is -2.05. The van der Waals surface area contributed by atoms with E-state index in [9.17, 15) is 0 Å². The van der Waals surface area contributed by atoms with Crippen LogP contribution in [0.25, 0.3) is 0 Å². The molecular weight excluding hydrogens is 238 g/mol. The zero-order valence-corrected chi connectivity index (χ0v) is 13.0. The third-order valence-corrected chi connectivity index (χ3v) is 3.30. The van der Waals surface area contributed by atoms with Gasteiger partial charge in [0, 0.05) is 19.8 Å². The first-order valence-electron chi connectivity index (χ1n) is 8.31. The van der Waals surface area contributed by atoms with E-state index in [4.69, 9.17) is 9.84 Å². The van der Waals surface area contributed by atoms with Gasteiger partial charge in [-0.3, -0.25) is 0 Å². The molecule has 2 N–H and O–H groups in total. The number of hydrogen-bond donors (Lipinski definition) is 2. The highest BCUT2D eigenvalue weighted by Crippen LogP contribution is 1.99. The van der Waals surface area contributed by atoms with E-state index in [1.165, 1.54) is 51.5 Å². The van der Waals surface area contributed by atoms with Crippen molar-refractivity contribution in [3.05, 3.63) is 0 Å². The van der Waals surface area contributed by atoms with Gasteiger partial charge in [0.2, 0.25) is 0 Å². The lowest BCUT2D eigenvalue weighted by molar-refractivity contribution is 0.124. The lowest BCUT2D eigenvalue weighted by atomic mass is 10.2. The Morgan fingerprint density at radius 1 is 0.737 bits per heavy atom. The van der Waals surface area contributed by atoms with Crippen molar-refractivity contribution in [1.29, 1.82) is 0 Å². The van der Waals surface area contributed by atoms with E-state index >= 15 is 0 Å². The molecule has 0 rings (SSSR count). The topological polar surface area (TPSA) is 41.5 Å². The van der Waals surface area contributed by atoms with Gasteiger partial charge in [0.1, 0.15) is 0 Å². The van der Waals surface area contributed by atoms with E-state index in [1.807, 2.05) is 0 Å². The fourth-order valence-corrected chi connectivity index (χ4v) is 2.03. The van der Waals surface area contributed by atoms with Crippen molar-refractivity contribution in [2.45, 2.75) is 71.1 Å². The molecule has 0 saturated heterocycles. The first-order valence-corrected chi connectivity index (χ1v) is 8.31. The normalized spacial score (nSPS) is 11.1. The molecule has 0 aromatic carbocycles. The molecule has 0 aliphatic carbocycles. The third kappa shape index (κ3) is 17.9. The molecule has 0 aromatic rings. The zero-order chi connectivity index (χ0) is 14.0. The number of ether oxygens (including phenoxy) is 1. The van der Waals surface area contributed by atoms with Gasteiger partial charge in [0.15, 0.2) is 0 Å². The molecule has 0 aromatic heterocycles. The van der Waals surface area contributed by atoms with Crippen LogP contribution in [0.1, 0.15) is 71.1 Å². The van der Waals surface area contributed by atoms with Gasteiger partial charge in [-0.25, -0.2) is 0 Å². The molecule has 0 fully saturated rings. The standard InChI is InChI=1S/C16H35NO2/c1-2-3-4-7-12-17-13-8-5-10-15-19-16-11-6-9-14-18/h17-18H,2-16H2,1H3. The second-order valence-electron chi connectivity index (χ2n) is 5.27. The van der Waals surface area contributed by atoms with E-state index in [2.05, 4.69) is 12.2 Å². The summed E-state index contributed by atoms with van der Waals surface area (Å²) in [7, 11) is 0. The fourth-order valence-electron chi connectivity index (χ4n) is 2.03. The zero-order valence-electron chi connectivity index (χ0n) is 13.0. The van der Waals surface area contributed by atoms with Crippen molar-refractivity contribution in [3.8, 4) is 0 Å². The summed E-state index contributed by atoms with van der Waals surface area (Å²) < 4.78 is 5.55. The maximum atomic E-state index is 8.62. The van der Waals surface area contributed by atoms with Crippen LogP contribution in [0.15, 0.2) is 0 Å². The molecule has 0 spiro atoms. The average Bonchev–Trinajstić information content (AvgIpc) is 2.43. The number of hydrogen-bond acceptors (Lipinski definition) is 3. The molecule has 0 amide bonds. The maximum Gasteiger partial charge on any atom is 0.0466 e. The number of nitrogens with one attached hydrogen (secondary N) is 1. The van der Waals surface area contributed by atoms with Crippen LogP contribution in [0.2, 0.25) is 0 Å². The number of unbranched alkanes of at least 4 members (excludes halogenated alkanes) is 7. The molecular formula is C16H35NO2. The summed E-state index contributed by atoms with van der Waals surface area (Å²) in [4.78, 5) is 0. The smallest absolute Gasteiger partial charge is 0.0466 e. The molecule has 3 nitrogen and oxygen atoms in total. The van der Waals surface area contributed by atoms with E-state index in [0.29, 0.717) is 6.61 Å². The minimum atomic E-state index is 0.311.